The number of nitrogens with one attached hydrogen (secondary N) is 1. The van der Waals surface area contributed by atoms with Gasteiger partial charge in [-0.15, -0.1) is 0 Å². The lowest BCUT2D eigenvalue weighted by Crippen LogP contribution is -2.40. The molecule has 2 aromatic rings. The van der Waals surface area contributed by atoms with Crippen molar-refractivity contribution in [1.29, 1.82) is 0 Å². The molecule has 1 aliphatic heterocycles. The molecule has 11 heteroatoms. The Labute approximate surface area is 162 Å². The quantitative estimate of drug-likeness (QED) is 0.749. The van der Waals surface area contributed by atoms with Crippen LogP contribution in [0.2, 0.25) is 0 Å². The highest BCUT2D eigenvalue weighted by atomic mass is 32.2. The summed E-state index contributed by atoms with van der Waals surface area (Å²) in [6.45, 7) is 4.17. The van der Waals surface area contributed by atoms with Gasteiger partial charge in [-0.3, -0.25) is 4.79 Å². The van der Waals surface area contributed by atoms with E-state index < -0.39 is 15.4 Å². The molecule has 3 atom stereocenters. The van der Waals surface area contributed by atoms with E-state index in [1.807, 2.05) is 0 Å². The molecule has 0 bridgehead atoms. The Kier molecular flexibility index (Phi) is 4.66. The van der Waals surface area contributed by atoms with Crippen LogP contribution in [0.4, 0.5) is 0 Å². The van der Waals surface area contributed by atoms with E-state index >= 15 is 0 Å². The van der Waals surface area contributed by atoms with Gasteiger partial charge in [0.1, 0.15) is 0 Å². The minimum atomic E-state index is -3.33. The molecule has 1 N–H and O–H groups in total. The molecular weight excluding hydrogens is 384 g/mol. The van der Waals surface area contributed by atoms with E-state index in [9.17, 15) is 13.2 Å². The van der Waals surface area contributed by atoms with Gasteiger partial charge in [0.2, 0.25) is 21.7 Å². The molecule has 2 aliphatic rings. The second kappa shape index (κ2) is 6.89. The number of hydrogen-bond acceptors (Lipinski definition) is 8. The lowest BCUT2D eigenvalue weighted by molar-refractivity contribution is 0.0761. The van der Waals surface area contributed by atoms with Crippen molar-refractivity contribution in [2.45, 2.75) is 38.1 Å². The van der Waals surface area contributed by atoms with Crippen molar-refractivity contribution >= 4 is 15.9 Å². The number of aryl methyl sites for hydroxylation is 1. The summed E-state index contributed by atoms with van der Waals surface area (Å²) >= 11 is 0. The molecule has 4 rings (SSSR count). The number of carbonyl (C=O) groups is 1. The highest BCUT2D eigenvalue weighted by Crippen LogP contribution is 2.50. The molecule has 1 saturated heterocycles. The summed E-state index contributed by atoms with van der Waals surface area (Å²) in [6.07, 6.45) is 4.16. The first-order valence-electron chi connectivity index (χ1n) is 9.20. The second-order valence-electron chi connectivity index (χ2n) is 7.42. The van der Waals surface area contributed by atoms with E-state index in [0.717, 1.165) is 0 Å². The van der Waals surface area contributed by atoms with Crippen LogP contribution < -0.4 is 4.72 Å². The van der Waals surface area contributed by atoms with Crippen molar-refractivity contribution in [2.75, 3.05) is 18.8 Å². The maximum Gasteiger partial charge on any atom is 0.291 e. The number of carbonyl (C=O) groups excluding carboxylic acids is 1. The number of amides is 1. The van der Waals surface area contributed by atoms with Gasteiger partial charge in [-0.05, 0) is 38.7 Å². The highest BCUT2D eigenvalue weighted by molar-refractivity contribution is 7.89. The Hall–Kier alpha value is -2.40. The predicted octanol–water partition coefficient (Wildman–Crippen LogP) is 0.280. The molecule has 28 heavy (non-hydrogen) atoms. The molecule has 150 valence electrons. The number of hydrogen-bond donors (Lipinski definition) is 1. The molecule has 0 aromatic carbocycles. The van der Waals surface area contributed by atoms with E-state index in [1.54, 1.807) is 24.8 Å². The van der Waals surface area contributed by atoms with E-state index in [-0.39, 0.29) is 29.4 Å². The first kappa shape index (κ1) is 18.9. The molecule has 2 fully saturated rings. The summed E-state index contributed by atoms with van der Waals surface area (Å²) in [5, 5.41) is 3.91. The van der Waals surface area contributed by atoms with Crippen LogP contribution in [0.1, 0.15) is 42.1 Å². The summed E-state index contributed by atoms with van der Waals surface area (Å²) in [5.74, 6) is 0.884. The maximum absolute atomic E-state index is 12.8. The number of likely N-dealkylation sites (tertiary alicyclic amines) is 1. The van der Waals surface area contributed by atoms with Gasteiger partial charge in [-0.25, -0.2) is 23.1 Å². The van der Waals surface area contributed by atoms with Crippen LogP contribution in [-0.4, -0.2) is 64.2 Å². The van der Waals surface area contributed by atoms with Gasteiger partial charge in [0.05, 0.1) is 11.2 Å². The lowest BCUT2D eigenvalue weighted by atomic mass is 9.80. The zero-order chi connectivity index (χ0) is 19.9. The highest BCUT2D eigenvalue weighted by Gasteiger charge is 2.58. The number of fused-ring (bicyclic) bond motifs is 1. The van der Waals surface area contributed by atoms with Crippen LogP contribution in [0, 0.1) is 12.8 Å². The normalized spacial score (nSPS) is 27.1. The molecule has 1 aliphatic carbocycles. The molecule has 1 amide bonds. The third kappa shape index (κ3) is 3.28. The van der Waals surface area contributed by atoms with Crippen molar-refractivity contribution in [3.63, 3.8) is 0 Å². The maximum atomic E-state index is 12.8. The Balaban J connectivity index is 1.62. The summed E-state index contributed by atoms with van der Waals surface area (Å²) in [5.41, 5.74) is -0.577. The first-order chi connectivity index (χ1) is 13.3. The van der Waals surface area contributed by atoms with Gasteiger partial charge < -0.3 is 9.42 Å². The molecule has 0 spiro atoms. The monoisotopic (exact) mass is 406 g/mol. The van der Waals surface area contributed by atoms with Crippen molar-refractivity contribution in [1.82, 2.24) is 29.7 Å². The van der Waals surface area contributed by atoms with Crippen molar-refractivity contribution < 1.29 is 17.7 Å². The fourth-order valence-corrected chi connectivity index (χ4v) is 5.19. The van der Waals surface area contributed by atoms with Gasteiger partial charge in [0.15, 0.2) is 5.82 Å². The summed E-state index contributed by atoms with van der Waals surface area (Å²) in [4.78, 5) is 27.0. The molecule has 1 unspecified atom stereocenters. The van der Waals surface area contributed by atoms with E-state index in [4.69, 9.17) is 4.52 Å². The van der Waals surface area contributed by atoms with Gasteiger partial charge >= 0.3 is 0 Å². The number of nitrogens with zero attached hydrogens (tertiary/aromatic N) is 5. The van der Waals surface area contributed by atoms with Crippen LogP contribution in [0.3, 0.4) is 0 Å². The van der Waals surface area contributed by atoms with Crippen molar-refractivity contribution in [3.8, 4) is 0 Å². The molecule has 0 radical (unpaired) electrons. The summed E-state index contributed by atoms with van der Waals surface area (Å²) in [7, 11) is -3.33. The number of sulfonamides is 1. The molecule has 10 nitrogen and oxygen atoms in total. The minimum Gasteiger partial charge on any atom is -0.339 e. The third-order valence-corrected chi connectivity index (χ3v) is 7.05. The summed E-state index contributed by atoms with van der Waals surface area (Å²) in [6, 6.07) is 1.43. The zero-order valence-electron chi connectivity index (χ0n) is 15.7. The van der Waals surface area contributed by atoms with Crippen molar-refractivity contribution in [3.05, 3.63) is 36.0 Å². The van der Waals surface area contributed by atoms with Crippen LogP contribution in [0.15, 0.2) is 23.0 Å². The van der Waals surface area contributed by atoms with Gasteiger partial charge in [0.25, 0.3) is 5.91 Å². The Morgan fingerprint density at radius 1 is 1.39 bits per heavy atom. The average Bonchev–Trinajstić information content (AvgIpc) is 3.34. The standard InChI is InChI=1S/C17H22N6O4S/c1-3-28(25,26)22-13-7-12-9-23(15(24)14-18-5-4-6-19-14)10-17(12,8-13)16-20-11(2)21-27-16/h4-6,12-13,22H,3,7-10H2,1-2H3/t12?,13-,17+/m1/s1. The molecule has 2 aromatic heterocycles. The fraction of sp³-hybridized carbons (Fsp3) is 0.588. The zero-order valence-corrected chi connectivity index (χ0v) is 16.5. The van der Waals surface area contributed by atoms with E-state index in [0.29, 0.717) is 37.6 Å². The van der Waals surface area contributed by atoms with Gasteiger partial charge in [-0.1, -0.05) is 5.16 Å². The Morgan fingerprint density at radius 2 is 2.14 bits per heavy atom. The number of rotatable bonds is 5. The Morgan fingerprint density at radius 3 is 2.79 bits per heavy atom. The fourth-order valence-electron chi connectivity index (χ4n) is 4.33. The topological polar surface area (TPSA) is 131 Å². The van der Waals surface area contributed by atoms with Crippen molar-refractivity contribution in [2.24, 2.45) is 5.92 Å². The Bertz CT molecular complexity index is 979. The van der Waals surface area contributed by atoms with Crippen LogP contribution in [0.25, 0.3) is 0 Å². The van der Waals surface area contributed by atoms with Crippen LogP contribution >= 0.6 is 0 Å². The van der Waals surface area contributed by atoms with E-state index in [1.165, 1.54) is 12.4 Å². The van der Waals surface area contributed by atoms with Gasteiger partial charge in [-0.2, -0.15) is 4.98 Å². The molecular formula is C17H22N6O4S. The third-order valence-electron chi connectivity index (χ3n) is 5.60. The molecule has 1 saturated carbocycles. The average molecular weight is 406 g/mol. The van der Waals surface area contributed by atoms with Crippen LogP contribution in [-0.2, 0) is 15.4 Å². The second-order valence-corrected chi connectivity index (χ2v) is 9.46. The summed E-state index contributed by atoms with van der Waals surface area (Å²) < 4.78 is 32.3. The van der Waals surface area contributed by atoms with E-state index in [2.05, 4.69) is 24.8 Å². The SMILES string of the molecule is CCS(=O)(=O)N[C@@H]1CC2CN(C(=O)c3ncccn3)C[C@@]2(c2nc(C)no2)C1. The predicted molar refractivity (Wildman–Crippen MR) is 97.8 cm³/mol. The van der Waals surface area contributed by atoms with Gasteiger partial charge in [0, 0.05) is 31.5 Å². The minimum absolute atomic E-state index is 0.00423. The molecule has 3 heterocycles. The lowest BCUT2D eigenvalue weighted by Gasteiger charge is -2.25. The number of aromatic nitrogens is 4. The smallest absolute Gasteiger partial charge is 0.291 e. The first-order valence-corrected chi connectivity index (χ1v) is 10.9. The van der Waals surface area contributed by atoms with Crippen LogP contribution in [0.5, 0.6) is 0 Å². The largest absolute Gasteiger partial charge is 0.339 e.